The van der Waals surface area contributed by atoms with E-state index in [-0.39, 0.29) is 5.91 Å². The summed E-state index contributed by atoms with van der Waals surface area (Å²) in [6.45, 7) is 6.54. The van der Waals surface area contributed by atoms with Gasteiger partial charge in [-0.1, -0.05) is 25.1 Å². The fourth-order valence-corrected chi connectivity index (χ4v) is 1.43. The predicted octanol–water partition coefficient (Wildman–Crippen LogP) is 1.86. The topological polar surface area (TPSA) is 49.3 Å². The number of aryl methyl sites for hydroxylation is 2. The van der Waals surface area contributed by atoms with Gasteiger partial charge in [0.2, 0.25) is 0 Å². The summed E-state index contributed by atoms with van der Waals surface area (Å²) < 4.78 is 0. The van der Waals surface area contributed by atoms with Gasteiger partial charge in [0.05, 0.1) is 0 Å². The van der Waals surface area contributed by atoms with Crippen LogP contribution >= 0.6 is 0 Å². The molecule has 0 bridgehead atoms. The molecule has 1 aromatic rings. The minimum Gasteiger partial charge on any atom is -0.378 e. The summed E-state index contributed by atoms with van der Waals surface area (Å²) >= 11 is 0. The molecule has 0 fully saturated rings. The number of aliphatic hydroxyl groups excluding tert-OH is 1. The van der Waals surface area contributed by atoms with Crippen LogP contribution in [-0.4, -0.2) is 17.6 Å². The summed E-state index contributed by atoms with van der Waals surface area (Å²) in [5.41, 5.74) is 2.89. The molecule has 1 aromatic carbocycles. The molecule has 1 amide bonds. The maximum Gasteiger partial charge on any atom is 0.253 e. The third kappa shape index (κ3) is 3.07. The van der Waals surface area contributed by atoms with E-state index in [1.807, 2.05) is 32.9 Å². The highest BCUT2D eigenvalue weighted by Crippen LogP contribution is 2.17. The Hall–Kier alpha value is -1.35. The third-order valence-corrected chi connectivity index (χ3v) is 2.64. The number of hydrogen-bond acceptors (Lipinski definition) is 2. The van der Waals surface area contributed by atoms with Crippen LogP contribution in [0.3, 0.4) is 0 Å². The van der Waals surface area contributed by atoms with Crippen molar-refractivity contribution in [2.24, 2.45) is 0 Å². The van der Waals surface area contributed by atoms with Crippen LogP contribution in [0.15, 0.2) is 18.2 Å². The Balaban J connectivity index is 2.75. The first kappa shape index (κ1) is 12.7. The third-order valence-electron chi connectivity index (χ3n) is 2.64. The van der Waals surface area contributed by atoms with Crippen molar-refractivity contribution in [3.63, 3.8) is 0 Å². The molecule has 0 aliphatic rings. The molecule has 0 saturated heterocycles. The zero-order chi connectivity index (χ0) is 12.1. The summed E-state index contributed by atoms with van der Waals surface area (Å²) in [5.74, 6) is -0.329. The average Bonchev–Trinajstić information content (AvgIpc) is 2.28. The molecule has 2 N–H and O–H groups in total. The van der Waals surface area contributed by atoms with Gasteiger partial charge in [0.25, 0.3) is 5.91 Å². The number of hydrogen-bond donors (Lipinski definition) is 2. The molecule has 3 heteroatoms. The van der Waals surface area contributed by atoms with Crippen LogP contribution in [0.25, 0.3) is 0 Å². The highest BCUT2D eigenvalue weighted by atomic mass is 16.3. The monoisotopic (exact) mass is 221 g/mol. The van der Waals surface area contributed by atoms with Crippen LogP contribution in [0.1, 0.15) is 36.1 Å². The van der Waals surface area contributed by atoms with Crippen molar-refractivity contribution in [1.29, 1.82) is 0 Å². The predicted molar refractivity (Wildman–Crippen MR) is 64.2 cm³/mol. The summed E-state index contributed by atoms with van der Waals surface area (Å²) in [7, 11) is 0. The summed E-state index contributed by atoms with van der Waals surface area (Å²) in [5, 5.41) is 12.5. The molecular formula is C13H19NO2. The SMILES string of the molecule is CCCNC(=O)C(O)c1ccc(C)c(C)c1. The van der Waals surface area contributed by atoms with Gasteiger partial charge in [-0.25, -0.2) is 0 Å². The van der Waals surface area contributed by atoms with Gasteiger partial charge >= 0.3 is 0 Å². The first-order valence-electron chi connectivity index (χ1n) is 5.59. The maximum atomic E-state index is 11.5. The molecule has 1 atom stereocenters. The first-order valence-corrected chi connectivity index (χ1v) is 5.59. The van der Waals surface area contributed by atoms with Crippen LogP contribution in [0.2, 0.25) is 0 Å². The van der Waals surface area contributed by atoms with Crippen molar-refractivity contribution >= 4 is 5.91 Å². The van der Waals surface area contributed by atoms with Crippen molar-refractivity contribution in [1.82, 2.24) is 5.32 Å². The number of nitrogens with one attached hydrogen (secondary N) is 1. The highest BCUT2D eigenvalue weighted by Gasteiger charge is 2.16. The number of carbonyl (C=O) groups is 1. The van der Waals surface area contributed by atoms with E-state index in [0.717, 1.165) is 17.5 Å². The van der Waals surface area contributed by atoms with Gasteiger partial charge in [-0.15, -0.1) is 0 Å². The zero-order valence-electron chi connectivity index (χ0n) is 10.1. The molecule has 0 saturated carbocycles. The van der Waals surface area contributed by atoms with E-state index in [9.17, 15) is 9.90 Å². The molecule has 88 valence electrons. The van der Waals surface area contributed by atoms with E-state index in [4.69, 9.17) is 0 Å². The fourth-order valence-electron chi connectivity index (χ4n) is 1.43. The second-order valence-electron chi connectivity index (χ2n) is 4.04. The molecular weight excluding hydrogens is 202 g/mol. The molecule has 0 spiro atoms. The Morgan fingerprint density at radius 2 is 2.06 bits per heavy atom. The second-order valence-corrected chi connectivity index (χ2v) is 4.04. The van der Waals surface area contributed by atoms with Crippen LogP contribution in [-0.2, 0) is 4.79 Å². The standard InChI is InChI=1S/C13H19NO2/c1-4-7-14-13(16)12(15)11-6-5-9(2)10(3)8-11/h5-6,8,12,15H,4,7H2,1-3H3,(H,14,16). The fraction of sp³-hybridized carbons (Fsp3) is 0.462. The first-order chi connectivity index (χ1) is 7.56. The van der Waals surface area contributed by atoms with Crippen LogP contribution in [0, 0.1) is 13.8 Å². The summed E-state index contributed by atoms with van der Waals surface area (Å²) in [6.07, 6.45) is -0.198. The number of carbonyl (C=O) groups excluding carboxylic acids is 1. The van der Waals surface area contributed by atoms with Crippen LogP contribution in [0.4, 0.5) is 0 Å². The lowest BCUT2D eigenvalue weighted by molar-refractivity contribution is -0.129. The van der Waals surface area contributed by atoms with E-state index < -0.39 is 6.10 Å². The van der Waals surface area contributed by atoms with Gasteiger partial charge < -0.3 is 10.4 Å². The molecule has 1 rings (SSSR count). The quantitative estimate of drug-likeness (QED) is 0.815. The number of amides is 1. The van der Waals surface area contributed by atoms with E-state index in [1.165, 1.54) is 0 Å². The smallest absolute Gasteiger partial charge is 0.253 e. The minimum atomic E-state index is -1.06. The number of aliphatic hydroxyl groups is 1. The van der Waals surface area contributed by atoms with Gasteiger partial charge in [-0.2, -0.15) is 0 Å². The highest BCUT2D eigenvalue weighted by molar-refractivity contribution is 5.81. The van der Waals surface area contributed by atoms with Crippen molar-refractivity contribution in [3.8, 4) is 0 Å². The molecule has 0 heterocycles. The Morgan fingerprint density at radius 1 is 1.38 bits per heavy atom. The Labute approximate surface area is 96.5 Å². The van der Waals surface area contributed by atoms with Crippen molar-refractivity contribution in [2.75, 3.05) is 6.54 Å². The van der Waals surface area contributed by atoms with Crippen molar-refractivity contribution in [2.45, 2.75) is 33.3 Å². The summed E-state index contributed by atoms with van der Waals surface area (Å²) in [4.78, 5) is 11.5. The van der Waals surface area contributed by atoms with E-state index in [2.05, 4.69) is 5.32 Å². The minimum absolute atomic E-state index is 0.329. The Morgan fingerprint density at radius 3 is 2.62 bits per heavy atom. The normalized spacial score (nSPS) is 12.2. The van der Waals surface area contributed by atoms with Crippen molar-refractivity contribution in [3.05, 3.63) is 34.9 Å². The summed E-state index contributed by atoms with van der Waals surface area (Å²) in [6, 6.07) is 5.56. The number of benzene rings is 1. The van der Waals surface area contributed by atoms with E-state index in [1.54, 1.807) is 6.07 Å². The van der Waals surface area contributed by atoms with Gasteiger partial charge in [-0.3, -0.25) is 4.79 Å². The Kier molecular flexibility index (Phi) is 4.50. The zero-order valence-corrected chi connectivity index (χ0v) is 10.1. The van der Waals surface area contributed by atoms with Crippen LogP contribution in [0.5, 0.6) is 0 Å². The lowest BCUT2D eigenvalue weighted by Crippen LogP contribution is -2.29. The Bertz CT molecular complexity index is 374. The van der Waals surface area contributed by atoms with Crippen molar-refractivity contribution < 1.29 is 9.90 Å². The number of rotatable bonds is 4. The lowest BCUT2D eigenvalue weighted by atomic mass is 10.0. The maximum absolute atomic E-state index is 11.5. The molecule has 16 heavy (non-hydrogen) atoms. The van der Waals surface area contributed by atoms with Gasteiger partial charge in [0.1, 0.15) is 0 Å². The molecule has 0 aromatic heterocycles. The van der Waals surface area contributed by atoms with E-state index >= 15 is 0 Å². The molecule has 3 nitrogen and oxygen atoms in total. The average molecular weight is 221 g/mol. The van der Waals surface area contributed by atoms with Gasteiger partial charge in [0.15, 0.2) is 6.10 Å². The van der Waals surface area contributed by atoms with Crippen LogP contribution < -0.4 is 5.32 Å². The van der Waals surface area contributed by atoms with Gasteiger partial charge in [-0.05, 0) is 37.0 Å². The lowest BCUT2D eigenvalue weighted by Gasteiger charge is -2.12. The molecule has 1 unspecified atom stereocenters. The van der Waals surface area contributed by atoms with Gasteiger partial charge in [0, 0.05) is 6.54 Å². The largest absolute Gasteiger partial charge is 0.378 e. The molecule has 0 aliphatic heterocycles. The molecule has 0 aliphatic carbocycles. The van der Waals surface area contributed by atoms with E-state index in [0.29, 0.717) is 12.1 Å². The molecule has 0 radical (unpaired) electrons. The second kappa shape index (κ2) is 5.66.